The lowest BCUT2D eigenvalue weighted by Gasteiger charge is -2.12. The van der Waals surface area contributed by atoms with Gasteiger partial charge in [0.25, 0.3) is 11.8 Å². The van der Waals surface area contributed by atoms with Gasteiger partial charge < -0.3 is 29.7 Å². The zero-order valence-corrected chi connectivity index (χ0v) is 21.6. The van der Waals surface area contributed by atoms with Gasteiger partial charge in [-0.05, 0) is 41.5 Å². The Labute approximate surface area is 233 Å². The number of aromatic nitrogens is 1. The Morgan fingerprint density at radius 2 is 1.80 bits per heavy atom. The number of hydrogen-bond acceptors (Lipinski definition) is 8. The minimum Gasteiger partial charge on any atom is -0.486 e. The Balaban J connectivity index is 1.31. The van der Waals surface area contributed by atoms with Crippen molar-refractivity contribution >= 4 is 39.1 Å². The number of fused-ring (bicyclic) bond motifs is 2. The minimum atomic E-state index is -4.74. The summed E-state index contributed by atoms with van der Waals surface area (Å²) in [4.78, 5) is 29.0. The van der Waals surface area contributed by atoms with Gasteiger partial charge in [-0.3, -0.25) is 9.59 Å². The van der Waals surface area contributed by atoms with Gasteiger partial charge in [0.15, 0.2) is 17.3 Å². The van der Waals surface area contributed by atoms with Gasteiger partial charge in [-0.15, -0.1) is 11.3 Å². The number of hydrogen-bond donors (Lipinski definition) is 2. The molecule has 0 unspecified atom stereocenters. The highest BCUT2D eigenvalue weighted by molar-refractivity contribution is 7.21. The first-order valence-corrected chi connectivity index (χ1v) is 12.8. The molecule has 0 saturated carbocycles. The van der Waals surface area contributed by atoms with Crippen LogP contribution in [0.1, 0.15) is 31.7 Å². The molecule has 0 bridgehead atoms. The van der Waals surface area contributed by atoms with Gasteiger partial charge in [-0.25, -0.2) is 4.98 Å². The molecule has 3 aromatic heterocycles. The summed E-state index contributed by atoms with van der Waals surface area (Å²) in [6.45, 7) is 0.113. The van der Waals surface area contributed by atoms with Gasteiger partial charge in [0, 0.05) is 11.5 Å². The molecule has 1 aliphatic heterocycles. The Hall–Kier alpha value is -5.04. The molecule has 2 amide bonds. The van der Waals surface area contributed by atoms with E-state index in [9.17, 15) is 22.8 Å². The summed E-state index contributed by atoms with van der Waals surface area (Å²) in [6, 6.07) is 17.1. The maximum atomic E-state index is 13.7. The number of nitrogens with two attached hydrogens (primary N) is 1. The molecule has 0 aliphatic carbocycles. The number of pyridine rings is 1. The number of carbonyl (C=O) groups excluding carboxylic acids is 2. The fourth-order valence-electron chi connectivity index (χ4n) is 4.26. The van der Waals surface area contributed by atoms with Gasteiger partial charge in [0.1, 0.15) is 33.5 Å². The molecule has 0 radical (unpaired) electrons. The molecule has 208 valence electrons. The number of nitrogens with zero attached hydrogens (tertiary/aromatic N) is 1. The van der Waals surface area contributed by atoms with Crippen molar-refractivity contribution in [2.24, 2.45) is 5.73 Å². The number of amides is 2. The zero-order valence-electron chi connectivity index (χ0n) is 20.8. The van der Waals surface area contributed by atoms with Crippen LogP contribution in [0.4, 0.5) is 18.9 Å². The van der Waals surface area contributed by atoms with Gasteiger partial charge in [-0.2, -0.15) is 13.2 Å². The lowest BCUT2D eigenvalue weighted by Crippen LogP contribution is -2.16. The summed E-state index contributed by atoms with van der Waals surface area (Å²) in [5.41, 5.74) is 4.90. The SMILES string of the molecule is NC(=O)c1sc2nc(C(F)(F)F)cc(-c3ccccc3)c2c1NC(=O)c1ccc(COc2ccc3c(c2)OCO3)o1. The van der Waals surface area contributed by atoms with E-state index in [2.05, 4.69) is 10.3 Å². The molecule has 41 heavy (non-hydrogen) atoms. The second-order valence-corrected chi connectivity index (χ2v) is 9.79. The maximum absolute atomic E-state index is 13.7. The van der Waals surface area contributed by atoms with Gasteiger partial charge in [0.05, 0.1) is 5.69 Å². The monoisotopic (exact) mass is 581 g/mol. The van der Waals surface area contributed by atoms with Crippen LogP contribution in [0.2, 0.25) is 0 Å². The standard InChI is InChI=1S/C28H18F3N3O6S/c29-28(30,31)21-11-17(14-4-2-1-3-5-14)22-23(24(25(32)35)41-27(22)33-21)34-26(36)19-9-7-16(40-19)12-37-15-6-8-18-20(10-15)39-13-38-18/h1-11H,12-13H2,(H2,32,35)(H,34,36). The molecule has 5 aromatic rings. The number of carbonyl (C=O) groups is 2. The third kappa shape index (κ3) is 5.14. The highest BCUT2D eigenvalue weighted by Gasteiger charge is 2.35. The molecule has 0 saturated heterocycles. The van der Waals surface area contributed by atoms with E-state index in [-0.39, 0.29) is 45.5 Å². The second kappa shape index (κ2) is 10.2. The second-order valence-electron chi connectivity index (χ2n) is 8.79. The predicted octanol–water partition coefficient (Wildman–Crippen LogP) is 6.23. The number of anilines is 1. The number of halogens is 3. The molecule has 6 rings (SSSR count). The number of benzene rings is 2. The van der Waals surface area contributed by atoms with E-state index < -0.39 is 23.7 Å². The van der Waals surface area contributed by atoms with Crippen molar-refractivity contribution in [2.45, 2.75) is 12.8 Å². The first-order valence-electron chi connectivity index (χ1n) is 12.0. The first-order chi connectivity index (χ1) is 19.7. The third-order valence-electron chi connectivity index (χ3n) is 6.11. The predicted molar refractivity (Wildman–Crippen MR) is 142 cm³/mol. The van der Waals surface area contributed by atoms with Crippen molar-refractivity contribution < 1.29 is 41.4 Å². The van der Waals surface area contributed by atoms with E-state index in [1.165, 1.54) is 12.1 Å². The third-order valence-corrected chi connectivity index (χ3v) is 7.21. The van der Waals surface area contributed by atoms with Gasteiger partial charge in [0.2, 0.25) is 6.79 Å². The van der Waals surface area contributed by atoms with E-state index in [1.807, 2.05) is 0 Å². The number of rotatable bonds is 7. The molecular formula is C28H18F3N3O6S. The lowest BCUT2D eigenvalue weighted by molar-refractivity contribution is -0.140. The van der Waals surface area contributed by atoms with E-state index >= 15 is 0 Å². The molecule has 2 aromatic carbocycles. The van der Waals surface area contributed by atoms with Crippen molar-refractivity contribution in [3.63, 3.8) is 0 Å². The van der Waals surface area contributed by atoms with Crippen LogP contribution in [0.5, 0.6) is 17.2 Å². The number of thiophene rings is 1. The van der Waals surface area contributed by atoms with Gasteiger partial charge in [-0.1, -0.05) is 30.3 Å². The molecule has 0 atom stereocenters. The van der Waals surface area contributed by atoms with Crippen LogP contribution in [0.15, 0.2) is 71.1 Å². The average molecular weight is 582 g/mol. The van der Waals surface area contributed by atoms with E-state index in [0.29, 0.717) is 39.9 Å². The number of nitrogens with one attached hydrogen (secondary N) is 1. The van der Waals surface area contributed by atoms with E-state index in [4.69, 9.17) is 24.4 Å². The van der Waals surface area contributed by atoms with Crippen molar-refractivity contribution in [3.8, 4) is 28.4 Å². The van der Waals surface area contributed by atoms with Crippen molar-refractivity contribution in [1.29, 1.82) is 0 Å². The number of ether oxygens (including phenoxy) is 3. The van der Waals surface area contributed by atoms with Crippen molar-refractivity contribution in [2.75, 3.05) is 12.1 Å². The van der Waals surface area contributed by atoms with Crippen LogP contribution in [0, 0.1) is 0 Å². The normalized spacial score (nSPS) is 12.5. The van der Waals surface area contributed by atoms with E-state index in [0.717, 1.165) is 6.07 Å². The first kappa shape index (κ1) is 26.2. The van der Waals surface area contributed by atoms with Crippen LogP contribution >= 0.6 is 11.3 Å². The summed E-state index contributed by atoms with van der Waals surface area (Å²) in [7, 11) is 0. The van der Waals surface area contributed by atoms with Crippen LogP contribution in [0.25, 0.3) is 21.3 Å². The quantitative estimate of drug-likeness (QED) is 0.233. The highest BCUT2D eigenvalue weighted by Crippen LogP contribution is 2.44. The van der Waals surface area contributed by atoms with Crippen LogP contribution in [-0.4, -0.2) is 23.6 Å². The molecule has 13 heteroatoms. The lowest BCUT2D eigenvalue weighted by atomic mass is 10.0. The van der Waals surface area contributed by atoms with Crippen molar-refractivity contribution in [1.82, 2.24) is 4.98 Å². The Kier molecular flexibility index (Phi) is 6.50. The minimum absolute atomic E-state index is 0.0108. The molecule has 0 fully saturated rings. The topological polar surface area (TPSA) is 126 Å². The summed E-state index contributed by atoms with van der Waals surface area (Å²) >= 11 is 0.657. The molecule has 4 heterocycles. The zero-order chi connectivity index (χ0) is 28.7. The van der Waals surface area contributed by atoms with Gasteiger partial charge >= 0.3 is 6.18 Å². The molecule has 1 aliphatic rings. The maximum Gasteiger partial charge on any atom is 0.433 e. The summed E-state index contributed by atoms with van der Waals surface area (Å²) in [6.07, 6.45) is -4.74. The summed E-state index contributed by atoms with van der Waals surface area (Å²) < 4.78 is 63.0. The molecular weight excluding hydrogens is 563 g/mol. The molecule has 0 spiro atoms. The summed E-state index contributed by atoms with van der Waals surface area (Å²) in [5, 5.41) is 2.75. The Morgan fingerprint density at radius 3 is 2.56 bits per heavy atom. The highest BCUT2D eigenvalue weighted by atomic mass is 32.1. The number of furan rings is 1. The summed E-state index contributed by atoms with van der Waals surface area (Å²) in [5.74, 6) is 0.151. The number of alkyl halides is 3. The van der Waals surface area contributed by atoms with Crippen LogP contribution in [0.3, 0.4) is 0 Å². The molecule has 9 nitrogen and oxygen atoms in total. The Morgan fingerprint density at radius 1 is 1.02 bits per heavy atom. The fourth-order valence-corrected chi connectivity index (χ4v) is 5.26. The van der Waals surface area contributed by atoms with E-state index in [1.54, 1.807) is 48.5 Å². The average Bonchev–Trinajstić information content (AvgIpc) is 3.70. The van der Waals surface area contributed by atoms with Crippen molar-refractivity contribution in [3.05, 3.63) is 88.8 Å². The molecule has 3 N–H and O–H groups in total. The smallest absolute Gasteiger partial charge is 0.433 e. The largest absolute Gasteiger partial charge is 0.486 e. The van der Waals surface area contributed by atoms with Crippen LogP contribution < -0.4 is 25.3 Å². The fraction of sp³-hybridized carbons (Fsp3) is 0.107. The Bertz CT molecular complexity index is 1800. The van der Waals surface area contributed by atoms with Crippen LogP contribution in [-0.2, 0) is 12.8 Å². The number of primary amides is 1.